The van der Waals surface area contributed by atoms with Crippen LogP contribution in [0.15, 0.2) is 152 Å². The van der Waals surface area contributed by atoms with Crippen LogP contribution in [0.2, 0.25) is 0 Å². The van der Waals surface area contributed by atoms with Gasteiger partial charge in [0, 0.05) is 11.1 Å². The van der Waals surface area contributed by atoms with Crippen molar-refractivity contribution in [3.05, 3.63) is 163 Å². The van der Waals surface area contributed by atoms with Gasteiger partial charge in [-0.1, -0.05) is 140 Å². The number of ether oxygens (including phenoxy) is 1. The number of fused-ring (bicyclic) bond motifs is 3. The Morgan fingerprint density at radius 1 is 0.462 bits per heavy atom. The molecule has 6 aromatic rings. The van der Waals surface area contributed by atoms with Gasteiger partial charge in [0.25, 0.3) is 0 Å². The molecule has 39 heavy (non-hydrogen) atoms. The number of benzene rings is 6. The topological polar surface area (TPSA) is 9.23 Å². The van der Waals surface area contributed by atoms with E-state index in [0.717, 1.165) is 39.0 Å². The first-order valence-electron chi connectivity index (χ1n) is 13.2. The summed E-state index contributed by atoms with van der Waals surface area (Å²) in [6.45, 7) is 4.23. The van der Waals surface area contributed by atoms with Gasteiger partial charge in [-0.25, -0.2) is 0 Å². The molecule has 0 aromatic heterocycles. The average Bonchev–Trinajstić information content (AvgIpc) is 2.99. The molecule has 0 amide bonds. The lowest BCUT2D eigenvalue weighted by molar-refractivity contribution is 0.514. The smallest absolute Gasteiger partial charge is 0.135 e. The Morgan fingerprint density at radius 2 is 0.974 bits per heavy atom. The molecule has 1 heteroatoms. The molecule has 0 atom stereocenters. The zero-order chi connectivity index (χ0) is 26.2. The molecule has 0 unspecified atom stereocenters. The van der Waals surface area contributed by atoms with Crippen LogP contribution in [0.1, 0.15) is 11.1 Å². The molecule has 0 saturated carbocycles. The zero-order valence-corrected chi connectivity index (χ0v) is 21.5. The van der Waals surface area contributed by atoms with Crippen LogP contribution in [0, 0.1) is 0 Å². The van der Waals surface area contributed by atoms with Crippen LogP contribution in [-0.2, 0) is 0 Å². The summed E-state index contributed by atoms with van der Waals surface area (Å²) in [4.78, 5) is 0. The van der Waals surface area contributed by atoms with Crippen molar-refractivity contribution >= 4 is 32.9 Å². The van der Waals surface area contributed by atoms with E-state index >= 15 is 0 Å². The molecule has 0 N–H and O–H groups in total. The molecule has 0 spiro atoms. The van der Waals surface area contributed by atoms with Gasteiger partial charge in [0.15, 0.2) is 0 Å². The van der Waals surface area contributed by atoms with Gasteiger partial charge in [-0.05, 0) is 61.5 Å². The second-order valence-electron chi connectivity index (χ2n) is 9.80. The van der Waals surface area contributed by atoms with Gasteiger partial charge in [0.05, 0.1) is 0 Å². The maximum absolute atomic E-state index is 6.67. The molecule has 1 heterocycles. The van der Waals surface area contributed by atoms with E-state index in [1.807, 2.05) is 30.4 Å². The molecule has 1 aliphatic heterocycles. The van der Waals surface area contributed by atoms with Crippen LogP contribution in [0.5, 0.6) is 5.75 Å². The summed E-state index contributed by atoms with van der Waals surface area (Å²) in [6, 6.07) is 44.9. The lowest BCUT2D eigenvalue weighted by Gasteiger charge is -2.21. The quantitative estimate of drug-likeness (QED) is 0.221. The van der Waals surface area contributed by atoms with Crippen molar-refractivity contribution in [1.82, 2.24) is 0 Å². The number of para-hydroxylation sites is 1. The number of hydrogen-bond donors (Lipinski definition) is 0. The molecule has 184 valence electrons. The normalized spacial score (nSPS) is 15.1. The molecular weight excluding hydrogens is 472 g/mol. The van der Waals surface area contributed by atoms with Gasteiger partial charge >= 0.3 is 0 Å². The van der Waals surface area contributed by atoms with E-state index < -0.39 is 0 Å². The van der Waals surface area contributed by atoms with E-state index in [0.29, 0.717) is 0 Å². The molecule has 6 aromatic carbocycles. The highest BCUT2D eigenvalue weighted by Gasteiger charge is 2.20. The van der Waals surface area contributed by atoms with Gasteiger partial charge in [-0.3, -0.25) is 0 Å². The van der Waals surface area contributed by atoms with Gasteiger partial charge in [0.1, 0.15) is 11.5 Å². The number of hydrogen-bond acceptors (Lipinski definition) is 1. The van der Waals surface area contributed by atoms with Crippen LogP contribution >= 0.6 is 0 Å². The number of rotatable bonds is 3. The second-order valence-corrected chi connectivity index (χ2v) is 9.80. The first kappa shape index (κ1) is 23.0. The Kier molecular flexibility index (Phi) is 5.68. The largest absolute Gasteiger partial charge is 0.456 e. The van der Waals surface area contributed by atoms with E-state index in [-0.39, 0.29) is 0 Å². The van der Waals surface area contributed by atoms with Crippen LogP contribution in [0.4, 0.5) is 0 Å². The monoisotopic (exact) mass is 498 g/mol. The first-order chi connectivity index (χ1) is 19.3. The van der Waals surface area contributed by atoms with Crippen molar-refractivity contribution < 1.29 is 4.74 Å². The molecule has 0 saturated heterocycles. The third-order valence-electron chi connectivity index (χ3n) is 7.46. The molecule has 1 nitrogen and oxygen atoms in total. The van der Waals surface area contributed by atoms with E-state index in [9.17, 15) is 0 Å². The van der Waals surface area contributed by atoms with Gasteiger partial charge in [-0.2, -0.15) is 0 Å². The minimum Gasteiger partial charge on any atom is -0.456 e. The van der Waals surface area contributed by atoms with Crippen molar-refractivity contribution in [3.8, 4) is 28.0 Å². The summed E-state index contributed by atoms with van der Waals surface area (Å²) in [6.07, 6.45) is 6.14. The molecule has 1 aliphatic rings. The fraction of sp³-hybridized carbons (Fsp3) is 0. The highest BCUT2D eigenvalue weighted by molar-refractivity contribution is 6.18. The van der Waals surface area contributed by atoms with E-state index in [1.165, 1.54) is 33.0 Å². The minimum atomic E-state index is 0.812. The third-order valence-corrected chi connectivity index (χ3v) is 7.46. The van der Waals surface area contributed by atoms with E-state index in [1.54, 1.807) is 0 Å². The maximum Gasteiger partial charge on any atom is 0.135 e. The highest BCUT2D eigenvalue weighted by atomic mass is 16.5. The fourth-order valence-electron chi connectivity index (χ4n) is 5.61. The molecule has 0 bridgehead atoms. The van der Waals surface area contributed by atoms with Crippen molar-refractivity contribution in [2.24, 2.45) is 0 Å². The highest BCUT2D eigenvalue weighted by Crippen LogP contribution is 2.43. The predicted octanol–water partition coefficient (Wildman–Crippen LogP) is 10.3. The van der Waals surface area contributed by atoms with Gasteiger partial charge in [-0.15, -0.1) is 0 Å². The Labute approximate surface area is 228 Å². The molecule has 0 radical (unpaired) electrons. The molecule has 0 fully saturated rings. The summed E-state index contributed by atoms with van der Waals surface area (Å²) < 4.78 is 6.67. The van der Waals surface area contributed by atoms with Gasteiger partial charge < -0.3 is 4.74 Å². The minimum absolute atomic E-state index is 0.812. The van der Waals surface area contributed by atoms with E-state index in [4.69, 9.17) is 4.74 Å². The van der Waals surface area contributed by atoms with Crippen LogP contribution < -0.4 is 4.74 Å². The van der Waals surface area contributed by atoms with Crippen LogP contribution in [0.25, 0.3) is 55.1 Å². The summed E-state index contributed by atoms with van der Waals surface area (Å²) >= 11 is 0. The maximum atomic E-state index is 6.67. The molecule has 7 rings (SSSR count). The van der Waals surface area contributed by atoms with Crippen molar-refractivity contribution in [2.45, 2.75) is 0 Å². The lowest BCUT2D eigenvalue weighted by atomic mass is 9.87. The fourth-order valence-corrected chi connectivity index (χ4v) is 5.61. The Morgan fingerprint density at radius 3 is 1.64 bits per heavy atom. The second kappa shape index (κ2) is 9.63. The lowest BCUT2D eigenvalue weighted by Crippen LogP contribution is -2.02. The van der Waals surface area contributed by atoms with Crippen molar-refractivity contribution in [1.29, 1.82) is 0 Å². The molecule has 0 aliphatic carbocycles. The van der Waals surface area contributed by atoms with E-state index in [2.05, 4.69) is 122 Å². The predicted molar refractivity (Wildman–Crippen MR) is 166 cm³/mol. The van der Waals surface area contributed by atoms with Crippen LogP contribution in [0.3, 0.4) is 0 Å². The summed E-state index contributed by atoms with van der Waals surface area (Å²) in [7, 11) is 0. The van der Waals surface area contributed by atoms with Crippen molar-refractivity contribution in [2.75, 3.05) is 0 Å². The Hall–Kier alpha value is -5.14. The van der Waals surface area contributed by atoms with Crippen LogP contribution in [-0.4, -0.2) is 0 Å². The standard InChI is InChI=1S/C38H26O/c1-26-12-11-21-36(39-35-20-10-9-15-30(26)35)38-33-18-7-5-16-31(33)37(32-17-6-8-19-34(32)38)29-24-22-28(23-25-29)27-13-3-2-4-14-27/h2-25H,1H2/b12-11-,36-21-. The number of allylic oxidation sites excluding steroid dienone is 4. The summed E-state index contributed by atoms with van der Waals surface area (Å²) in [5, 5.41) is 4.73. The third kappa shape index (κ3) is 4.05. The Bertz CT molecular complexity index is 1870. The molecular formula is C38H26O. The van der Waals surface area contributed by atoms with Gasteiger partial charge in [0.2, 0.25) is 0 Å². The summed E-state index contributed by atoms with van der Waals surface area (Å²) in [5.74, 6) is 1.64. The Balaban J connectivity index is 1.47. The summed E-state index contributed by atoms with van der Waals surface area (Å²) in [5.41, 5.74) is 7.90. The zero-order valence-electron chi connectivity index (χ0n) is 21.5. The SMILES string of the molecule is C=C1/C=C\C=C(\c2c3ccccc3c(-c3ccc(-c4ccccc4)cc3)c3ccccc23)Oc2ccccc21. The average molecular weight is 499 g/mol. The first-order valence-corrected chi connectivity index (χ1v) is 13.2. The van der Waals surface area contributed by atoms with Crippen molar-refractivity contribution in [3.63, 3.8) is 0 Å².